The van der Waals surface area contributed by atoms with Gasteiger partial charge < -0.3 is 19.1 Å². The highest BCUT2D eigenvalue weighted by Crippen LogP contribution is 2.24. The predicted molar refractivity (Wildman–Crippen MR) is 264 cm³/mol. The predicted octanol–water partition coefficient (Wildman–Crippen LogP) is 15.2. The van der Waals surface area contributed by atoms with Crippen LogP contribution in [0.25, 0.3) is 0 Å². The van der Waals surface area contributed by atoms with E-state index in [1.54, 1.807) is 33.7 Å². The molecule has 0 N–H and O–H groups in total. The van der Waals surface area contributed by atoms with Crippen LogP contribution in [-0.4, -0.2) is 68.2 Å². The Hall–Kier alpha value is -1.71. The summed E-state index contributed by atoms with van der Waals surface area (Å²) < 4.78 is 16.7. The lowest BCUT2D eigenvalue weighted by molar-refractivity contribution is -0.147. The highest BCUT2D eigenvalue weighted by Gasteiger charge is 2.20. The zero-order chi connectivity index (χ0) is 44.4. The molecule has 0 bridgehead atoms. The van der Waals surface area contributed by atoms with Crippen LogP contribution in [0.3, 0.4) is 0 Å². The Balaban J connectivity index is 2.39. The molecule has 1 rings (SSSR count). The zero-order valence-electron chi connectivity index (χ0n) is 40.1. The minimum absolute atomic E-state index is 0.0628. The van der Waals surface area contributed by atoms with E-state index in [9.17, 15) is 14.4 Å². The van der Waals surface area contributed by atoms with E-state index in [0.29, 0.717) is 37.0 Å². The summed E-state index contributed by atoms with van der Waals surface area (Å²) in [6.45, 7) is 7.81. The normalized spacial score (nSPS) is 12.0. The van der Waals surface area contributed by atoms with Crippen molar-refractivity contribution in [2.24, 2.45) is 11.8 Å². The van der Waals surface area contributed by atoms with Crippen molar-refractivity contribution >= 4 is 39.5 Å². The molecule has 7 nitrogen and oxygen atoms in total. The molecule has 0 aliphatic carbocycles. The van der Waals surface area contributed by atoms with Gasteiger partial charge in [-0.2, -0.15) is 0 Å². The van der Waals surface area contributed by atoms with Gasteiger partial charge in [-0.3, -0.25) is 14.4 Å². The molecule has 0 saturated heterocycles. The molecule has 9 heteroatoms. The Bertz CT molecular complexity index is 1130. The Morgan fingerprint density at radius 1 is 0.525 bits per heavy atom. The van der Waals surface area contributed by atoms with E-state index in [-0.39, 0.29) is 36.2 Å². The first-order valence-electron chi connectivity index (χ1n) is 25.3. The topological polar surface area (TPSA) is 82.1 Å². The zero-order valence-corrected chi connectivity index (χ0v) is 41.8. The van der Waals surface area contributed by atoms with Gasteiger partial charge in [0.1, 0.15) is 19.0 Å². The molecule has 0 saturated carbocycles. The van der Waals surface area contributed by atoms with Gasteiger partial charge >= 0.3 is 17.9 Å². The van der Waals surface area contributed by atoms with Crippen LogP contribution >= 0.6 is 21.6 Å². The van der Waals surface area contributed by atoms with Crippen LogP contribution in [0.2, 0.25) is 0 Å². The summed E-state index contributed by atoms with van der Waals surface area (Å²) in [6, 6.07) is 7.31. The molecular formula is C52H93NO6S2. The quantitative estimate of drug-likeness (QED) is 0.0275. The molecule has 0 amide bonds. The fraction of sp³-hybridized carbons (Fsp3) is 0.827. The molecule has 1 aromatic rings. The Kier molecular flexibility index (Phi) is 39.7. The fourth-order valence-corrected chi connectivity index (χ4v) is 9.55. The van der Waals surface area contributed by atoms with Gasteiger partial charge in [-0.25, -0.2) is 0 Å². The van der Waals surface area contributed by atoms with E-state index in [1.165, 1.54) is 167 Å². The molecule has 1 atom stereocenters. The molecule has 0 radical (unpaired) electrons. The van der Waals surface area contributed by atoms with Crippen molar-refractivity contribution in [1.82, 2.24) is 4.90 Å². The second-order valence-corrected chi connectivity index (χ2v) is 20.6. The average molecular weight is 892 g/mol. The largest absolute Gasteiger partial charge is 0.465 e. The summed E-state index contributed by atoms with van der Waals surface area (Å²) in [6.07, 6.45) is 39.3. The van der Waals surface area contributed by atoms with Crippen LogP contribution < -0.4 is 4.74 Å². The van der Waals surface area contributed by atoms with Crippen molar-refractivity contribution in [3.8, 4) is 5.75 Å². The van der Waals surface area contributed by atoms with E-state index < -0.39 is 0 Å². The van der Waals surface area contributed by atoms with Gasteiger partial charge in [0.2, 0.25) is 0 Å². The summed E-state index contributed by atoms with van der Waals surface area (Å²) in [5.41, 5.74) is 0.832. The molecule has 61 heavy (non-hydrogen) atoms. The lowest BCUT2D eigenvalue weighted by atomic mass is 9.94. The first kappa shape index (κ1) is 57.3. The van der Waals surface area contributed by atoms with Crippen LogP contribution in [0, 0.1) is 11.8 Å². The van der Waals surface area contributed by atoms with Crippen LogP contribution in [0.15, 0.2) is 24.3 Å². The van der Waals surface area contributed by atoms with Crippen molar-refractivity contribution in [2.75, 3.05) is 45.4 Å². The van der Waals surface area contributed by atoms with Gasteiger partial charge in [-0.05, 0) is 44.6 Å². The lowest BCUT2D eigenvalue weighted by Crippen LogP contribution is -2.27. The third kappa shape index (κ3) is 36.3. The summed E-state index contributed by atoms with van der Waals surface area (Å²) >= 11 is 0. The molecule has 0 aromatic heterocycles. The third-order valence-electron chi connectivity index (χ3n) is 11.6. The maximum Gasteiger partial charge on any atom is 0.314 e. The molecule has 0 spiro atoms. The van der Waals surface area contributed by atoms with Crippen LogP contribution in [0.5, 0.6) is 5.75 Å². The second kappa shape index (κ2) is 42.3. The minimum Gasteiger partial charge on any atom is -0.465 e. The van der Waals surface area contributed by atoms with Crippen molar-refractivity contribution in [3.63, 3.8) is 0 Å². The molecule has 1 aromatic carbocycles. The molecule has 0 fully saturated rings. The summed E-state index contributed by atoms with van der Waals surface area (Å²) in [5.74, 6) is 1.13. The highest BCUT2D eigenvalue weighted by atomic mass is 33.1. The molecule has 0 aliphatic rings. The number of esters is 3. The van der Waals surface area contributed by atoms with E-state index in [1.807, 2.05) is 38.1 Å². The highest BCUT2D eigenvalue weighted by molar-refractivity contribution is 8.76. The fourth-order valence-electron chi connectivity index (χ4n) is 7.89. The first-order chi connectivity index (χ1) is 29.8. The van der Waals surface area contributed by atoms with Crippen LogP contribution in [-0.2, 0) is 30.3 Å². The first-order valence-corrected chi connectivity index (χ1v) is 27.8. The number of ether oxygens (including phenoxy) is 3. The van der Waals surface area contributed by atoms with Crippen molar-refractivity contribution in [2.45, 2.75) is 220 Å². The van der Waals surface area contributed by atoms with Gasteiger partial charge in [-0.15, -0.1) is 0 Å². The van der Waals surface area contributed by atoms with Gasteiger partial charge in [0, 0.05) is 18.1 Å². The lowest BCUT2D eigenvalue weighted by Gasteiger charge is -2.16. The van der Waals surface area contributed by atoms with Gasteiger partial charge in [0.25, 0.3) is 0 Å². The van der Waals surface area contributed by atoms with E-state index in [0.717, 1.165) is 31.2 Å². The van der Waals surface area contributed by atoms with E-state index in [2.05, 4.69) is 13.8 Å². The molecule has 1 unspecified atom stereocenters. The number of carbonyl (C=O) groups excluding carboxylic acids is 3. The summed E-state index contributed by atoms with van der Waals surface area (Å²) in [7, 11) is 7.09. The molecule has 354 valence electrons. The van der Waals surface area contributed by atoms with Gasteiger partial charge in [0.05, 0.1) is 18.3 Å². The van der Waals surface area contributed by atoms with Crippen molar-refractivity contribution in [3.05, 3.63) is 29.8 Å². The van der Waals surface area contributed by atoms with Gasteiger partial charge in [-0.1, -0.05) is 234 Å². The smallest absolute Gasteiger partial charge is 0.314 e. The number of rotatable bonds is 44. The second-order valence-electron chi connectivity index (χ2n) is 17.9. The third-order valence-corrected chi connectivity index (χ3v) is 13.9. The number of unbranched alkanes of at least 4 members (excludes halogenated alkanes) is 26. The van der Waals surface area contributed by atoms with E-state index >= 15 is 0 Å². The SMILES string of the molecule is CCCCCCCCCCCCCCCCC(CCCCCCCCCCCCCCCC)C(=O)Oc1ccc(CC(=O)OCCSSCCOC(=O)C(C)CN(C)C)cc1. The number of carbonyl (C=O) groups is 3. The number of hydrogen-bond donors (Lipinski definition) is 0. The van der Waals surface area contributed by atoms with Crippen molar-refractivity contribution < 1.29 is 28.6 Å². The Labute approximate surface area is 383 Å². The molecular weight excluding hydrogens is 799 g/mol. The van der Waals surface area contributed by atoms with Gasteiger partial charge in [0.15, 0.2) is 0 Å². The number of nitrogens with zero attached hydrogens (tertiary/aromatic N) is 1. The van der Waals surface area contributed by atoms with Crippen molar-refractivity contribution in [1.29, 1.82) is 0 Å². The summed E-state index contributed by atoms with van der Waals surface area (Å²) in [5, 5.41) is 0. The van der Waals surface area contributed by atoms with E-state index in [4.69, 9.17) is 14.2 Å². The standard InChI is InChI=1S/C52H93NO6S2/c1-6-8-10-12-14-16-18-20-22-24-26-28-30-32-34-48(35-33-31-29-27-25-23-21-19-17-15-13-11-9-7-2)52(56)59-49-38-36-47(37-39-49)44-50(54)57-40-42-60-61-43-41-58-51(55)46(3)45-53(4)5/h36-39,46,48H,6-35,40-45H2,1-5H3. The summed E-state index contributed by atoms with van der Waals surface area (Å²) in [4.78, 5) is 40.0. The maximum atomic E-state index is 13.5. The minimum atomic E-state index is -0.277. The number of hydrogen-bond acceptors (Lipinski definition) is 9. The molecule has 0 aliphatic heterocycles. The molecule has 0 heterocycles. The number of benzene rings is 1. The average Bonchev–Trinajstić information content (AvgIpc) is 3.24. The Morgan fingerprint density at radius 2 is 0.902 bits per heavy atom. The Morgan fingerprint density at radius 3 is 1.30 bits per heavy atom. The van der Waals surface area contributed by atoms with Crippen LogP contribution in [0.4, 0.5) is 0 Å². The maximum absolute atomic E-state index is 13.5. The van der Waals surface area contributed by atoms with Crippen LogP contribution in [0.1, 0.15) is 219 Å². The monoisotopic (exact) mass is 892 g/mol.